The van der Waals surface area contributed by atoms with Crippen LogP contribution in [-0.4, -0.2) is 42.0 Å². The second-order valence-electron chi connectivity index (χ2n) is 7.33. The zero-order valence-electron chi connectivity index (χ0n) is 17.3. The third-order valence-corrected chi connectivity index (χ3v) is 3.94. The van der Waals surface area contributed by atoms with Gasteiger partial charge in [0.25, 0.3) is 0 Å². The van der Waals surface area contributed by atoms with E-state index in [9.17, 15) is 9.59 Å². The van der Waals surface area contributed by atoms with Crippen molar-refractivity contribution in [1.82, 2.24) is 10.6 Å². The Labute approximate surface area is 155 Å². The smallest absolute Gasteiger partial charge is 0.207 e. The quantitative estimate of drug-likeness (QED) is 0.328. The number of unbranched alkanes of at least 4 members (excludes halogenated alkanes) is 3. The van der Waals surface area contributed by atoms with E-state index in [2.05, 4.69) is 38.3 Å². The first-order valence-corrected chi connectivity index (χ1v) is 9.90. The highest BCUT2D eigenvalue weighted by Crippen LogP contribution is 2.08. The Morgan fingerprint density at radius 1 is 1.00 bits per heavy atom. The minimum atomic E-state index is -0.279. The summed E-state index contributed by atoms with van der Waals surface area (Å²) >= 11 is 0. The molecule has 0 heterocycles. The maximum atomic E-state index is 11.6. The Morgan fingerprint density at radius 2 is 1.60 bits per heavy atom. The van der Waals surface area contributed by atoms with E-state index in [1.165, 1.54) is 6.42 Å². The molecule has 0 aliphatic carbocycles. The minimum Gasteiger partial charge on any atom is -0.396 e. The molecule has 0 aromatic rings. The molecule has 1 amide bonds. The van der Waals surface area contributed by atoms with Crippen LogP contribution in [0.25, 0.3) is 0 Å². The molecule has 5 heteroatoms. The van der Waals surface area contributed by atoms with Gasteiger partial charge >= 0.3 is 0 Å². The Hall–Kier alpha value is -0.940. The number of hydrogen-bond acceptors (Lipinski definition) is 4. The Kier molecular flexibility index (Phi) is 18.8. The molecule has 0 aromatic carbocycles. The van der Waals surface area contributed by atoms with Crippen LogP contribution in [0.4, 0.5) is 0 Å². The molecule has 3 N–H and O–H groups in total. The van der Waals surface area contributed by atoms with Crippen molar-refractivity contribution in [3.05, 3.63) is 0 Å². The Morgan fingerprint density at radius 3 is 2.04 bits per heavy atom. The molecule has 0 radical (unpaired) electrons. The summed E-state index contributed by atoms with van der Waals surface area (Å²) < 4.78 is 0. The second kappa shape index (κ2) is 17.9. The number of carbonyl (C=O) groups excluding carboxylic acids is 2. The van der Waals surface area contributed by atoms with E-state index in [0.29, 0.717) is 25.1 Å². The van der Waals surface area contributed by atoms with Gasteiger partial charge in [0.1, 0.15) is 0 Å². The van der Waals surface area contributed by atoms with Crippen LogP contribution in [0.3, 0.4) is 0 Å². The average molecular weight is 359 g/mol. The predicted molar refractivity (Wildman–Crippen MR) is 106 cm³/mol. The van der Waals surface area contributed by atoms with Crippen molar-refractivity contribution in [3.63, 3.8) is 0 Å². The molecule has 25 heavy (non-hydrogen) atoms. The second-order valence-corrected chi connectivity index (χ2v) is 7.33. The summed E-state index contributed by atoms with van der Waals surface area (Å²) in [6.45, 7) is 12.7. The number of ketones is 1. The minimum absolute atomic E-state index is 0.00548. The highest BCUT2D eigenvalue weighted by molar-refractivity contribution is 5.87. The van der Waals surface area contributed by atoms with Gasteiger partial charge in [0.2, 0.25) is 6.41 Å². The first-order chi connectivity index (χ1) is 11.8. The first kappa shape index (κ1) is 26.3. The number of aliphatic hydroxyl groups excluding tert-OH is 1. The van der Waals surface area contributed by atoms with E-state index in [-0.39, 0.29) is 17.7 Å². The van der Waals surface area contributed by atoms with Gasteiger partial charge in [-0.15, -0.1) is 0 Å². The summed E-state index contributed by atoms with van der Waals surface area (Å²) in [6.07, 6.45) is 7.85. The van der Waals surface area contributed by atoms with Crippen molar-refractivity contribution in [3.8, 4) is 0 Å². The number of aliphatic hydroxyl groups is 1. The van der Waals surface area contributed by atoms with Gasteiger partial charge in [-0.1, -0.05) is 53.9 Å². The van der Waals surface area contributed by atoms with E-state index in [1.54, 1.807) is 0 Å². The number of Topliss-reactive ketones (excluding diaryl/α,β-unsaturated/α-hetero) is 1. The highest BCUT2D eigenvalue weighted by atomic mass is 16.2. The highest BCUT2D eigenvalue weighted by Gasteiger charge is 2.19. The largest absolute Gasteiger partial charge is 0.396 e. The van der Waals surface area contributed by atoms with Crippen LogP contribution in [0.2, 0.25) is 0 Å². The molecule has 0 bridgehead atoms. The topological polar surface area (TPSA) is 78.4 Å². The Balaban J connectivity index is 0. The van der Waals surface area contributed by atoms with Crippen LogP contribution in [0.5, 0.6) is 0 Å². The summed E-state index contributed by atoms with van der Waals surface area (Å²) in [5.41, 5.74) is 0. The fraction of sp³-hybridized carbons (Fsp3) is 0.900. The van der Waals surface area contributed by atoms with Crippen molar-refractivity contribution in [2.75, 3.05) is 6.61 Å². The summed E-state index contributed by atoms with van der Waals surface area (Å²) in [7, 11) is 0. The molecule has 0 aliphatic rings. The molecule has 0 saturated heterocycles. The van der Waals surface area contributed by atoms with Gasteiger partial charge in [0.15, 0.2) is 5.78 Å². The molecule has 0 fully saturated rings. The number of hydrogen-bond donors (Lipinski definition) is 3. The molecule has 5 nitrogen and oxygen atoms in total. The van der Waals surface area contributed by atoms with Crippen molar-refractivity contribution < 1.29 is 14.7 Å². The SMILES string of the molecule is CC(C)NC(C)CCCCO.CCCCCC(NC=O)C(=O)C(C)C. The predicted octanol–water partition coefficient (Wildman–Crippen LogP) is 3.44. The number of amides is 1. The van der Waals surface area contributed by atoms with Gasteiger partial charge < -0.3 is 15.7 Å². The van der Waals surface area contributed by atoms with Crippen molar-refractivity contribution in [2.24, 2.45) is 5.92 Å². The van der Waals surface area contributed by atoms with E-state index < -0.39 is 0 Å². The molecule has 0 aromatic heterocycles. The summed E-state index contributed by atoms with van der Waals surface area (Å²) in [5, 5.41) is 14.6. The van der Waals surface area contributed by atoms with Crippen LogP contribution < -0.4 is 10.6 Å². The van der Waals surface area contributed by atoms with Gasteiger partial charge in [-0.3, -0.25) is 9.59 Å². The molecule has 2 unspecified atom stereocenters. The molecule has 2 atom stereocenters. The molecule has 0 rings (SSSR count). The van der Waals surface area contributed by atoms with Gasteiger partial charge in [0, 0.05) is 24.6 Å². The van der Waals surface area contributed by atoms with E-state index in [0.717, 1.165) is 38.5 Å². The van der Waals surface area contributed by atoms with Gasteiger partial charge in [-0.2, -0.15) is 0 Å². The van der Waals surface area contributed by atoms with Crippen LogP contribution in [0, 0.1) is 5.92 Å². The van der Waals surface area contributed by atoms with Gasteiger partial charge in [-0.05, 0) is 32.6 Å². The number of carbonyl (C=O) groups is 2. The monoisotopic (exact) mass is 358 g/mol. The lowest BCUT2D eigenvalue weighted by Crippen LogP contribution is -2.38. The number of nitrogens with one attached hydrogen (secondary N) is 2. The van der Waals surface area contributed by atoms with Crippen LogP contribution >= 0.6 is 0 Å². The molecule has 0 aliphatic heterocycles. The van der Waals surface area contributed by atoms with Gasteiger partial charge in [0.05, 0.1) is 6.04 Å². The lowest BCUT2D eigenvalue weighted by atomic mass is 9.97. The summed E-state index contributed by atoms with van der Waals surface area (Å²) in [4.78, 5) is 21.9. The lowest BCUT2D eigenvalue weighted by molar-refractivity contribution is -0.126. The van der Waals surface area contributed by atoms with E-state index >= 15 is 0 Å². The molecule has 0 saturated carbocycles. The molecule has 150 valence electrons. The molecule has 0 spiro atoms. The summed E-state index contributed by atoms with van der Waals surface area (Å²) in [6, 6.07) is 0.875. The average Bonchev–Trinajstić information content (AvgIpc) is 2.53. The molecular weight excluding hydrogens is 316 g/mol. The number of rotatable bonds is 14. The van der Waals surface area contributed by atoms with Crippen LogP contribution in [0.15, 0.2) is 0 Å². The first-order valence-electron chi connectivity index (χ1n) is 9.90. The normalized spacial score (nSPS) is 13.2. The lowest BCUT2D eigenvalue weighted by Gasteiger charge is -2.16. The van der Waals surface area contributed by atoms with Crippen molar-refractivity contribution in [1.29, 1.82) is 0 Å². The van der Waals surface area contributed by atoms with Crippen LogP contribution in [-0.2, 0) is 9.59 Å². The maximum Gasteiger partial charge on any atom is 0.207 e. The van der Waals surface area contributed by atoms with E-state index in [1.807, 2.05) is 13.8 Å². The van der Waals surface area contributed by atoms with Gasteiger partial charge in [-0.25, -0.2) is 0 Å². The fourth-order valence-corrected chi connectivity index (χ4v) is 2.61. The Bertz CT molecular complexity index is 320. The van der Waals surface area contributed by atoms with Crippen molar-refractivity contribution >= 4 is 12.2 Å². The zero-order valence-corrected chi connectivity index (χ0v) is 17.3. The van der Waals surface area contributed by atoms with Crippen LogP contribution in [0.1, 0.15) is 86.5 Å². The molecular formula is C20H42N2O3. The maximum absolute atomic E-state index is 11.6. The third-order valence-electron chi connectivity index (χ3n) is 3.94. The zero-order chi connectivity index (χ0) is 19.7. The van der Waals surface area contributed by atoms with E-state index in [4.69, 9.17) is 5.11 Å². The fourth-order valence-electron chi connectivity index (χ4n) is 2.61. The van der Waals surface area contributed by atoms with Crippen molar-refractivity contribution in [2.45, 2.75) is 105 Å². The standard InChI is InChI=1S/C11H21NO2.C9H21NO/c1-4-5-6-7-10(12-8-13)11(14)9(2)3;1-8(2)10-9(3)6-4-5-7-11/h8-10H,4-7H2,1-3H3,(H,12,13);8-11H,4-7H2,1-3H3. The third kappa shape index (κ3) is 17.7. The summed E-state index contributed by atoms with van der Waals surface area (Å²) in [5.74, 6) is 0.127.